The quantitative estimate of drug-likeness (QED) is 0.510. The number of hydrogen-bond donors (Lipinski definition) is 0. The lowest BCUT2D eigenvalue weighted by Gasteiger charge is -2.35. The van der Waals surface area contributed by atoms with Gasteiger partial charge in [0, 0.05) is 38.5 Å². The third-order valence-corrected chi connectivity index (χ3v) is 5.80. The zero-order valence-electron chi connectivity index (χ0n) is 14.3. The summed E-state index contributed by atoms with van der Waals surface area (Å²) >= 11 is 3.15. The molecule has 1 aromatic heterocycles. The highest BCUT2D eigenvalue weighted by Gasteiger charge is 2.28. The molecule has 1 aromatic carbocycles. The van der Waals surface area contributed by atoms with Crippen molar-refractivity contribution < 1.29 is 22.6 Å². The van der Waals surface area contributed by atoms with Crippen molar-refractivity contribution in [1.82, 2.24) is 4.90 Å². The van der Waals surface area contributed by atoms with Gasteiger partial charge in [-0.3, -0.25) is 14.9 Å². The van der Waals surface area contributed by atoms with Crippen LogP contribution in [-0.4, -0.2) is 56.6 Å². The molecule has 0 spiro atoms. The summed E-state index contributed by atoms with van der Waals surface area (Å²) in [5.41, 5.74) is 0.0629. The molecule has 11 heteroatoms. The zero-order chi connectivity index (χ0) is 19.8. The van der Waals surface area contributed by atoms with Crippen molar-refractivity contribution in [3.05, 3.63) is 50.9 Å². The number of carbonyl (C=O) groups is 1. The summed E-state index contributed by atoms with van der Waals surface area (Å²) in [5, 5.41) is 11.4. The Hall–Kier alpha value is -2.40. The van der Waals surface area contributed by atoms with Gasteiger partial charge in [-0.1, -0.05) is 0 Å². The molecule has 27 heavy (non-hydrogen) atoms. The molecule has 0 N–H and O–H groups in total. The van der Waals surface area contributed by atoms with Gasteiger partial charge in [-0.15, -0.1) is 0 Å². The highest BCUT2D eigenvalue weighted by atomic mass is 79.9. The van der Waals surface area contributed by atoms with E-state index in [0.717, 1.165) is 12.3 Å². The van der Waals surface area contributed by atoms with Gasteiger partial charge in [0.1, 0.15) is 5.69 Å². The predicted molar refractivity (Wildman–Crippen MR) is 101 cm³/mol. The molecule has 0 aliphatic carbocycles. The summed E-state index contributed by atoms with van der Waals surface area (Å²) in [6, 6.07) is 7.08. The van der Waals surface area contributed by atoms with Gasteiger partial charge < -0.3 is 14.2 Å². The molecule has 1 amide bonds. The molecule has 9 nitrogen and oxygen atoms in total. The summed E-state index contributed by atoms with van der Waals surface area (Å²) in [5.74, 6) is -0.0268. The Morgan fingerprint density at radius 3 is 2.37 bits per heavy atom. The van der Waals surface area contributed by atoms with Gasteiger partial charge >= 0.3 is 0 Å². The van der Waals surface area contributed by atoms with Gasteiger partial charge in [-0.2, -0.15) is 0 Å². The molecule has 0 atom stereocenters. The second kappa shape index (κ2) is 7.31. The van der Waals surface area contributed by atoms with Crippen LogP contribution in [0.3, 0.4) is 0 Å². The minimum absolute atomic E-state index is 0.102. The van der Waals surface area contributed by atoms with E-state index >= 15 is 0 Å². The maximum Gasteiger partial charge on any atom is 0.293 e. The smallest absolute Gasteiger partial charge is 0.293 e. The van der Waals surface area contributed by atoms with Crippen LogP contribution >= 0.6 is 15.9 Å². The number of sulfone groups is 1. The zero-order valence-corrected chi connectivity index (χ0v) is 16.7. The number of nitro benzene ring substituents is 1. The van der Waals surface area contributed by atoms with Gasteiger partial charge in [0.25, 0.3) is 11.6 Å². The third kappa shape index (κ3) is 4.14. The van der Waals surface area contributed by atoms with Crippen LogP contribution in [-0.2, 0) is 9.84 Å². The van der Waals surface area contributed by atoms with Crippen LogP contribution in [0.5, 0.6) is 0 Å². The van der Waals surface area contributed by atoms with Crippen LogP contribution in [0, 0.1) is 10.1 Å². The number of benzene rings is 1. The molecule has 0 bridgehead atoms. The van der Waals surface area contributed by atoms with Gasteiger partial charge in [0.15, 0.2) is 20.3 Å². The molecule has 1 aliphatic heterocycles. The van der Waals surface area contributed by atoms with Crippen molar-refractivity contribution in [2.45, 2.75) is 4.90 Å². The Labute approximate surface area is 163 Å². The van der Waals surface area contributed by atoms with E-state index in [1.54, 1.807) is 21.9 Å². The number of nitro groups is 1. The second-order valence-corrected chi connectivity index (χ2v) is 8.86. The highest BCUT2D eigenvalue weighted by Crippen LogP contribution is 2.31. The molecule has 1 saturated heterocycles. The summed E-state index contributed by atoms with van der Waals surface area (Å²) in [6.45, 7) is 1.49. The van der Waals surface area contributed by atoms with Crippen molar-refractivity contribution >= 4 is 43.0 Å². The van der Waals surface area contributed by atoms with Crippen molar-refractivity contribution in [3.8, 4) is 0 Å². The molecule has 2 heterocycles. The van der Waals surface area contributed by atoms with E-state index < -0.39 is 14.8 Å². The molecular formula is C16H16BrN3O6S. The fourth-order valence-electron chi connectivity index (χ4n) is 2.88. The number of furan rings is 1. The number of halogens is 1. The van der Waals surface area contributed by atoms with E-state index in [9.17, 15) is 23.3 Å². The maximum atomic E-state index is 12.4. The number of rotatable bonds is 4. The average molecular weight is 458 g/mol. The first kappa shape index (κ1) is 19.4. The number of anilines is 1. The summed E-state index contributed by atoms with van der Waals surface area (Å²) in [6.07, 6.45) is 1.00. The summed E-state index contributed by atoms with van der Waals surface area (Å²) in [7, 11) is -3.55. The van der Waals surface area contributed by atoms with Crippen molar-refractivity contribution in [2.24, 2.45) is 0 Å². The number of carbonyl (C=O) groups excluding carboxylic acids is 1. The van der Waals surface area contributed by atoms with Crippen molar-refractivity contribution in [2.75, 3.05) is 37.3 Å². The largest absolute Gasteiger partial charge is 0.444 e. The fourth-order valence-corrected chi connectivity index (χ4v) is 3.83. The lowest BCUT2D eigenvalue weighted by Crippen LogP contribution is -2.48. The van der Waals surface area contributed by atoms with E-state index in [2.05, 4.69) is 15.9 Å². The molecule has 0 unspecified atom stereocenters. The van der Waals surface area contributed by atoms with Crippen LogP contribution in [0.1, 0.15) is 10.6 Å². The standard InChI is InChI=1S/C16H16BrN3O6S/c1-27(24,25)11-2-3-12(13(10-11)20(22)23)18-6-8-19(9-7-18)16(21)14-4-5-15(17)26-14/h2-5,10H,6-9H2,1H3. The van der Waals surface area contributed by atoms with Gasteiger partial charge in [0.05, 0.1) is 9.82 Å². The molecule has 144 valence electrons. The number of piperazine rings is 1. The Morgan fingerprint density at radius 1 is 1.19 bits per heavy atom. The molecule has 0 radical (unpaired) electrons. The predicted octanol–water partition coefficient (Wildman–Crippen LogP) is 2.32. The average Bonchev–Trinajstić information content (AvgIpc) is 3.06. The Kier molecular flexibility index (Phi) is 5.24. The maximum absolute atomic E-state index is 12.4. The minimum atomic E-state index is -3.55. The lowest BCUT2D eigenvalue weighted by atomic mass is 10.2. The fraction of sp³-hybridized carbons (Fsp3) is 0.312. The number of hydrogen-bond acceptors (Lipinski definition) is 7. The monoisotopic (exact) mass is 457 g/mol. The van der Waals surface area contributed by atoms with E-state index in [1.807, 2.05) is 0 Å². The van der Waals surface area contributed by atoms with E-state index in [0.29, 0.717) is 36.5 Å². The van der Waals surface area contributed by atoms with Crippen LogP contribution in [0.15, 0.2) is 44.3 Å². The molecule has 2 aromatic rings. The Morgan fingerprint density at radius 2 is 1.85 bits per heavy atom. The summed E-state index contributed by atoms with van der Waals surface area (Å²) in [4.78, 5) is 26.5. The first-order valence-corrected chi connectivity index (χ1v) is 10.6. The second-order valence-electron chi connectivity index (χ2n) is 6.06. The Bertz CT molecular complexity index is 995. The first-order chi connectivity index (χ1) is 12.7. The van der Waals surface area contributed by atoms with Crippen molar-refractivity contribution in [3.63, 3.8) is 0 Å². The molecule has 1 aliphatic rings. The van der Waals surface area contributed by atoms with Crippen molar-refractivity contribution in [1.29, 1.82) is 0 Å². The molecular weight excluding hydrogens is 442 g/mol. The van der Waals surface area contributed by atoms with E-state index in [-0.39, 0.29) is 22.3 Å². The van der Waals surface area contributed by atoms with Crippen LogP contribution in [0.25, 0.3) is 0 Å². The van der Waals surface area contributed by atoms with Crippen LogP contribution in [0.4, 0.5) is 11.4 Å². The third-order valence-electron chi connectivity index (χ3n) is 4.26. The Balaban J connectivity index is 1.78. The highest BCUT2D eigenvalue weighted by molar-refractivity contribution is 9.10. The van der Waals surface area contributed by atoms with E-state index in [4.69, 9.17) is 4.42 Å². The van der Waals surface area contributed by atoms with Crippen LogP contribution < -0.4 is 4.90 Å². The van der Waals surface area contributed by atoms with E-state index in [1.165, 1.54) is 12.1 Å². The summed E-state index contributed by atoms with van der Waals surface area (Å²) < 4.78 is 29.0. The number of nitrogens with zero attached hydrogens (tertiary/aromatic N) is 3. The normalized spacial score (nSPS) is 15.0. The first-order valence-electron chi connectivity index (χ1n) is 7.95. The lowest BCUT2D eigenvalue weighted by molar-refractivity contribution is -0.384. The minimum Gasteiger partial charge on any atom is -0.444 e. The van der Waals surface area contributed by atoms with Crippen LogP contribution in [0.2, 0.25) is 0 Å². The van der Waals surface area contributed by atoms with Gasteiger partial charge in [0.2, 0.25) is 0 Å². The van der Waals surface area contributed by atoms with Gasteiger partial charge in [-0.05, 0) is 40.2 Å². The molecule has 0 saturated carbocycles. The topological polar surface area (TPSA) is 114 Å². The van der Waals surface area contributed by atoms with Gasteiger partial charge in [-0.25, -0.2) is 8.42 Å². The SMILES string of the molecule is CS(=O)(=O)c1ccc(N2CCN(C(=O)c3ccc(Br)o3)CC2)c([N+](=O)[O-])c1. The number of amides is 1. The molecule has 3 rings (SSSR count). The molecule has 1 fully saturated rings.